The summed E-state index contributed by atoms with van der Waals surface area (Å²) in [5.74, 6) is 1.03. The number of Topliss-reactive ketones (excluding diaryl/α,β-unsaturated/α-hetero) is 1. The number of benzene rings is 2. The van der Waals surface area contributed by atoms with Gasteiger partial charge in [0.1, 0.15) is 0 Å². The van der Waals surface area contributed by atoms with Crippen molar-refractivity contribution in [1.82, 2.24) is 5.32 Å². The van der Waals surface area contributed by atoms with Gasteiger partial charge in [-0.3, -0.25) is 9.59 Å². The number of rotatable bonds is 4. The van der Waals surface area contributed by atoms with Crippen molar-refractivity contribution in [1.29, 1.82) is 0 Å². The molecule has 1 aliphatic carbocycles. The molecule has 1 amide bonds. The van der Waals surface area contributed by atoms with Crippen molar-refractivity contribution >= 4 is 23.3 Å². The summed E-state index contributed by atoms with van der Waals surface area (Å²) in [5, 5.41) is 3.58. The van der Waals surface area contributed by atoms with Crippen LogP contribution in [-0.2, 0) is 9.59 Å². The summed E-state index contributed by atoms with van der Waals surface area (Å²) >= 11 is 6.00. The number of carbonyl (C=O) groups is 2. The molecule has 2 aliphatic rings. The second-order valence-electron chi connectivity index (χ2n) is 7.39. The van der Waals surface area contributed by atoms with Gasteiger partial charge in [0.05, 0.1) is 14.2 Å². The molecule has 0 unspecified atom stereocenters. The largest absolute Gasteiger partial charge is 0.493 e. The molecule has 0 radical (unpaired) electrons. The summed E-state index contributed by atoms with van der Waals surface area (Å²) < 4.78 is 10.7. The minimum absolute atomic E-state index is 0.0228. The molecule has 1 N–H and O–H groups in total. The first kappa shape index (κ1) is 19.5. The third-order valence-electron chi connectivity index (χ3n) is 5.69. The van der Waals surface area contributed by atoms with E-state index in [-0.39, 0.29) is 29.9 Å². The Labute approximate surface area is 174 Å². The average Bonchev–Trinajstić information content (AvgIpc) is 2.72. The van der Waals surface area contributed by atoms with Gasteiger partial charge in [-0.05, 0) is 47.7 Å². The first-order valence-corrected chi connectivity index (χ1v) is 9.91. The highest BCUT2D eigenvalue weighted by Crippen LogP contribution is 2.43. The van der Waals surface area contributed by atoms with E-state index in [1.165, 1.54) is 0 Å². The Hall–Kier alpha value is -2.79. The van der Waals surface area contributed by atoms with Crippen molar-refractivity contribution in [3.05, 3.63) is 69.9 Å². The Balaban J connectivity index is 1.68. The van der Waals surface area contributed by atoms with Gasteiger partial charge in [0.25, 0.3) is 0 Å². The van der Waals surface area contributed by atoms with Gasteiger partial charge in [-0.15, -0.1) is 0 Å². The summed E-state index contributed by atoms with van der Waals surface area (Å²) in [6.45, 7) is 0. The number of hydrogen-bond acceptors (Lipinski definition) is 4. The second kappa shape index (κ2) is 7.91. The first-order chi connectivity index (χ1) is 14.0. The minimum atomic E-state index is -0.227. The standard InChI is InChI=1S/C23H22ClNO4/c1-28-20-8-5-14(11-21(20)29-2)15-9-18-23(19(26)10-15)17(12-22(27)25-18)13-3-6-16(24)7-4-13/h3-8,11,15,17H,9-10,12H2,1-2H3,(H,25,27)/t15-,17+/m0/s1. The molecule has 2 aromatic rings. The van der Waals surface area contributed by atoms with Gasteiger partial charge in [0, 0.05) is 35.1 Å². The Morgan fingerprint density at radius 3 is 2.28 bits per heavy atom. The van der Waals surface area contributed by atoms with E-state index >= 15 is 0 Å². The smallest absolute Gasteiger partial charge is 0.225 e. The lowest BCUT2D eigenvalue weighted by molar-refractivity contribution is -0.122. The Morgan fingerprint density at radius 1 is 0.897 bits per heavy atom. The van der Waals surface area contributed by atoms with Gasteiger partial charge in [-0.2, -0.15) is 0 Å². The van der Waals surface area contributed by atoms with Gasteiger partial charge in [0.15, 0.2) is 17.3 Å². The van der Waals surface area contributed by atoms with Gasteiger partial charge in [-0.1, -0.05) is 29.8 Å². The fourth-order valence-corrected chi connectivity index (χ4v) is 4.41. The maximum Gasteiger partial charge on any atom is 0.225 e. The Bertz CT molecular complexity index is 996. The quantitative estimate of drug-likeness (QED) is 0.811. The van der Waals surface area contributed by atoms with Crippen LogP contribution in [0.4, 0.5) is 0 Å². The van der Waals surface area contributed by atoms with Crippen LogP contribution in [0.25, 0.3) is 0 Å². The maximum absolute atomic E-state index is 13.2. The Kier molecular flexibility index (Phi) is 5.33. The van der Waals surface area contributed by atoms with E-state index in [1.807, 2.05) is 30.3 Å². The van der Waals surface area contributed by atoms with Gasteiger partial charge in [-0.25, -0.2) is 0 Å². The molecule has 2 aromatic carbocycles. The number of carbonyl (C=O) groups excluding carboxylic acids is 2. The molecule has 0 bridgehead atoms. The molecule has 1 heterocycles. The summed E-state index contributed by atoms with van der Waals surface area (Å²) in [6, 6.07) is 13.1. The molecule has 4 rings (SSSR count). The molecule has 1 aliphatic heterocycles. The number of ketones is 1. The third-order valence-corrected chi connectivity index (χ3v) is 5.94. The second-order valence-corrected chi connectivity index (χ2v) is 7.83. The van der Waals surface area contributed by atoms with Crippen molar-refractivity contribution < 1.29 is 19.1 Å². The molecule has 150 valence electrons. The fraction of sp³-hybridized carbons (Fsp3) is 0.304. The van der Waals surface area contributed by atoms with E-state index in [2.05, 4.69) is 5.32 Å². The van der Waals surface area contributed by atoms with Gasteiger partial charge < -0.3 is 14.8 Å². The molecule has 29 heavy (non-hydrogen) atoms. The van der Waals surface area contributed by atoms with Crippen LogP contribution in [-0.4, -0.2) is 25.9 Å². The number of nitrogens with one attached hydrogen (secondary N) is 1. The number of allylic oxidation sites excluding steroid dienone is 2. The van der Waals surface area contributed by atoms with Crippen LogP contribution in [0, 0.1) is 0 Å². The summed E-state index contributed by atoms with van der Waals surface area (Å²) in [6.07, 6.45) is 1.27. The van der Waals surface area contributed by atoms with Crippen LogP contribution in [0.15, 0.2) is 53.7 Å². The van der Waals surface area contributed by atoms with E-state index in [9.17, 15) is 9.59 Å². The summed E-state index contributed by atoms with van der Waals surface area (Å²) in [4.78, 5) is 25.5. The highest BCUT2D eigenvalue weighted by atomic mass is 35.5. The monoisotopic (exact) mass is 411 g/mol. The zero-order valence-electron chi connectivity index (χ0n) is 16.3. The van der Waals surface area contributed by atoms with E-state index in [0.717, 1.165) is 22.4 Å². The summed E-state index contributed by atoms with van der Waals surface area (Å²) in [5.41, 5.74) is 3.39. The highest BCUT2D eigenvalue weighted by Gasteiger charge is 2.38. The molecule has 0 aromatic heterocycles. The molecule has 2 atom stereocenters. The van der Waals surface area contributed by atoms with Crippen LogP contribution in [0.2, 0.25) is 5.02 Å². The molecule has 6 heteroatoms. The SMILES string of the molecule is COc1ccc([C@@H]2CC(=O)C3=C(C2)NC(=O)C[C@@H]3c2ccc(Cl)cc2)cc1OC. The Morgan fingerprint density at radius 2 is 1.59 bits per heavy atom. The maximum atomic E-state index is 13.2. The molecule has 5 nitrogen and oxygen atoms in total. The number of ether oxygens (including phenoxy) is 2. The van der Waals surface area contributed by atoms with E-state index < -0.39 is 0 Å². The lowest BCUT2D eigenvalue weighted by atomic mass is 9.73. The fourth-order valence-electron chi connectivity index (χ4n) is 4.28. The van der Waals surface area contributed by atoms with Crippen molar-refractivity contribution in [3.8, 4) is 11.5 Å². The van der Waals surface area contributed by atoms with E-state index in [1.54, 1.807) is 26.4 Å². The molecule has 0 saturated carbocycles. The predicted molar refractivity (Wildman–Crippen MR) is 111 cm³/mol. The molecular formula is C23H22ClNO4. The van der Waals surface area contributed by atoms with Crippen molar-refractivity contribution in [2.75, 3.05) is 14.2 Å². The van der Waals surface area contributed by atoms with Crippen LogP contribution in [0.3, 0.4) is 0 Å². The van der Waals surface area contributed by atoms with Crippen molar-refractivity contribution in [2.45, 2.75) is 31.1 Å². The molecule has 0 spiro atoms. The zero-order chi connectivity index (χ0) is 20.5. The molecule has 0 fully saturated rings. The molecular weight excluding hydrogens is 390 g/mol. The normalized spacial score (nSPS) is 21.5. The predicted octanol–water partition coefficient (Wildman–Crippen LogP) is 4.36. The number of methoxy groups -OCH3 is 2. The van der Waals surface area contributed by atoms with Crippen LogP contribution >= 0.6 is 11.6 Å². The van der Waals surface area contributed by atoms with E-state index in [0.29, 0.717) is 29.4 Å². The van der Waals surface area contributed by atoms with E-state index in [4.69, 9.17) is 21.1 Å². The lowest BCUT2D eigenvalue weighted by Crippen LogP contribution is -2.38. The number of halogens is 1. The molecule has 0 saturated heterocycles. The highest BCUT2D eigenvalue weighted by molar-refractivity contribution is 6.30. The number of hydrogen-bond donors (Lipinski definition) is 1. The van der Waals surface area contributed by atoms with Gasteiger partial charge >= 0.3 is 0 Å². The zero-order valence-corrected chi connectivity index (χ0v) is 17.1. The van der Waals surface area contributed by atoms with Crippen LogP contribution in [0.1, 0.15) is 42.2 Å². The topological polar surface area (TPSA) is 64.6 Å². The van der Waals surface area contributed by atoms with Crippen molar-refractivity contribution in [2.24, 2.45) is 0 Å². The van der Waals surface area contributed by atoms with Crippen LogP contribution < -0.4 is 14.8 Å². The first-order valence-electron chi connectivity index (χ1n) is 9.53. The minimum Gasteiger partial charge on any atom is -0.493 e. The van der Waals surface area contributed by atoms with Crippen LogP contribution in [0.5, 0.6) is 11.5 Å². The van der Waals surface area contributed by atoms with Gasteiger partial charge in [0.2, 0.25) is 5.91 Å². The van der Waals surface area contributed by atoms with Crippen molar-refractivity contribution in [3.63, 3.8) is 0 Å². The average molecular weight is 412 g/mol. The number of amides is 1. The summed E-state index contributed by atoms with van der Waals surface area (Å²) in [7, 11) is 3.18. The lowest BCUT2D eigenvalue weighted by Gasteiger charge is -2.34. The third kappa shape index (κ3) is 3.75.